The van der Waals surface area contributed by atoms with Crippen LogP contribution in [-0.2, 0) is 0 Å². The van der Waals surface area contributed by atoms with Crippen molar-refractivity contribution >= 4 is 0 Å². The largest absolute Gasteiger partial charge is 0.198 e. The van der Waals surface area contributed by atoms with E-state index >= 15 is 0 Å². The zero-order valence-electron chi connectivity index (χ0n) is 9.47. The summed E-state index contributed by atoms with van der Waals surface area (Å²) in [6.07, 6.45) is 5.24. The second-order valence-electron chi connectivity index (χ2n) is 5.27. The smallest absolute Gasteiger partial charge is 0.0665 e. The number of hydrogen-bond acceptors (Lipinski definition) is 1. The van der Waals surface area contributed by atoms with E-state index in [9.17, 15) is 5.26 Å². The lowest BCUT2D eigenvalue weighted by Gasteiger charge is -2.46. The van der Waals surface area contributed by atoms with Gasteiger partial charge in [0.05, 0.1) is 12.0 Å². The highest BCUT2D eigenvalue weighted by atomic mass is 14.5. The van der Waals surface area contributed by atoms with E-state index in [4.69, 9.17) is 0 Å². The van der Waals surface area contributed by atoms with Gasteiger partial charge in [0.2, 0.25) is 0 Å². The van der Waals surface area contributed by atoms with Crippen molar-refractivity contribution in [2.75, 3.05) is 0 Å². The van der Waals surface area contributed by atoms with Crippen LogP contribution in [0.25, 0.3) is 0 Å². The van der Waals surface area contributed by atoms with Crippen molar-refractivity contribution in [3.8, 4) is 6.07 Å². The molecule has 0 heterocycles. The molecule has 0 aromatic heterocycles. The molecule has 0 amide bonds. The normalized spacial score (nSPS) is 36.9. The lowest BCUT2D eigenvalue weighted by atomic mass is 9.57. The Bertz CT molecular complexity index is 395. The molecular weight excluding hydrogens is 194 g/mol. The number of fused-ring (bicyclic) bond motifs is 3. The predicted octanol–water partition coefficient (Wildman–Crippen LogP) is 3.73. The van der Waals surface area contributed by atoms with E-state index in [0.29, 0.717) is 11.8 Å². The van der Waals surface area contributed by atoms with Crippen LogP contribution in [-0.4, -0.2) is 0 Å². The van der Waals surface area contributed by atoms with Gasteiger partial charge in [-0.2, -0.15) is 5.26 Å². The summed E-state index contributed by atoms with van der Waals surface area (Å²) in [6.45, 7) is 0. The Kier molecular flexibility index (Phi) is 2.44. The molecule has 1 heteroatoms. The van der Waals surface area contributed by atoms with Gasteiger partial charge in [-0.15, -0.1) is 0 Å². The summed E-state index contributed by atoms with van der Waals surface area (Å²) in [4.78, 5) is 0. The quantitative estimate of drug-likeness (QED) is 0.694. The van der Waals surface area contributed by atoms with Gasteiger partial charge in [-0.25, -0.2) is 0 Å². The molecule has 3 saturated carbocycles. The van der Waals surface area contributed by atoms with Crippen molar-refractivity contribution in [2.24, 2.45) is 17.8 Å². The first-order chi connectivity index (χ1) is 7.90. The summed E-state index contributed by atoms with van der Waals surface area (Å²) in [5.74, 6) is 2.21. The van der Waals surface area contributed by atoms with Crippen molar-refractivity contribution in [3.05, 3.63) is 35.9 Å². The maximum absolute atomic E-state index is 9.39. The molecule has 0 saturated heterocycles. The summed E-state index contributed by atoms with van der Waals surface area (Å²) in [7, 11) is 0. The van der Waals surface area contributed by atoms with Gasteiger partial charge >= 0.3 is 0 Å². The van der Waals surface area contributed by atoms with Gasteiger partial charge < -0.3 is 0 Å². The highest BCUT2D eigenvalue weighted by Crippen LogP contribution is 2.52. The first-order valence-electron chi connectivity index (χ1n) is 6.34. The van der Waals surface area contributed by atoms with Gasteiger partial charge in [-0.3, -0.25) is 0 Å². The maximum Gasteiger partial charge on any atom is 0.0665 e. The van der Waals surface area contributed by atoms with E-state index < -0.39 is 0 Å². The zero-order chi connectivity index (χ0) is 11.0. The number of nitriles is 1. The Morgan fingerprint density at radius 1 is 0.938 bits per heavy atom. The molecule has 0 radical (unpaired) electrons. The van der Waals surface area contributed by atoms with Gasteiger partial charge in [-0.1, -0.05) is 30.3 Å². The van der Waals surface area contributed by atoms with Crippen molar-refractivity contribution in [1.29, 1.82) is 5.26 Å². The fourth-order valence-corrected chi connectivity index (χ4v) is 3.79. The Morgan fingerprint density at radius 2 is 1.56 bits per heavy atom. The van der Waals surface area contributed by atoms with Crippen LogP contribution < -0.4 is 0 Å². The average Bonchev–Trinajstić information content (AvgIpc) is 2.40. The van der Waals surface area contributed by atoms with Gasteiger partial charge in [0.15, 0.2) is 0 Å². The maximum atomic E-state index is 9.39. The second-order valence-corrected chi connectivity index (χ2v) is 5.27. The van der Waals surface area contributed by atoms with E-state index in [1.54, 1.807) is 0 Å². The third-order valence-corrected chi connectivity index (χ3v) is 4.55. The highest BCUT2D eigenvalue weighted by Gasteiger charge is 2.44. The number of hydrogen-bond donors (Lipinski definition) is 0. The van der Waals surface area contributed by atoms with Crippen LogP contribution >= 0.6 is 0 Å². The van der Waals surface area contributed by atoms with Crippen LogP contribution in [0.1, 0.15) is 37.2 Å². The number of rotatable bonds is 1. The van der Waals surface area contributed by atoms with Crippen LogP contribution in [0.15, 0.2) is 30.3 Å². The van der Waals surface area contributed by atoms with E-state index in [-0.39, 0.29) is 5.92 Å². The van der Waals surface area contributed by atoms with Crippen LogP contribution in [0.2, 0.25) is 0 Å². The molecule has 3 fully saturated rings. The monoisotopic (exact) mass is 211 g/mol. The summed E-state index contributed by atoms with van der Waals surface area (Å²) in [5, 5.41) is 9.39. The Balaban J connectivity index is 1.97. The van der Waals surface area contributed by atoms with Crippen LogP contribution in [0.3, 0.4) is 0 Å². The van der Waals surface area contributed by atoms with Crippen LogP contribution in [0, 0.1) is 29.1 Å². The minimum atomic E-state index is 0.273. The number of benzene rings is 1. The minimum absolute atomic E-state index is 0.273. The molecule has 1 nitrogen and oxygen atoms in total. The fourth-order valence-electron chi connectivity index (χ4n) is 3.79. The molecule has 2 bridgehead atoms. The molecule has 3 aliphatic rings. The molecule has 82 valence electrons. The molecule has 3 aliphatic carbocycles. The Hall–Kier alpha value is -1.29. The first-order valence-corrected chi connectivity index (χ1v) is 6.34. The summed E-state index contributed by atoms with van der Waals surface area (Å²) < 4.78 is 0. The van der Waals surface area contributed by atoms with Crippen molar-refractivity contribution in [1.82, 2.24) is 0 Å². The Morgan fingerprint density at radius 3 is 2.19 bits per heavy atom. The van der Waals surface area contributed by atoms with Gasteiger partial charge in [0.1, 0.15) is 0 Å². The van der Waals surface area contributed by atoms with E-state index in [0.717, 1.165) is 5.92 Å². The third kappa shape index (κ3) is 1.45. The summed E-state index contributed by atoms with van der Waals surface area (Å²) in [6, 6.07) is 13.3. The zero-order valence-corrected chi connectivity index (χ0v) is 9.47. The number of nitrogens with zero attached hydrogens (tertiary/aromatic N) is 1. The highest BCUT2D eigenvalue weighted by molar-refractivity contribution is 5.25. The van der Waals surface area contributed by atoms with Crippen molar-refractivity contribution in [2.45, 2.75) is 31.6 Å². The molecule has 1 aromatic carbocycles. The van der Waals surface area contributed by atoms with E-state index in [2.05, 4.69) is 36.4 Å². The molecule has 0 aliphatic heterocycles. The molecule has 2 atom stereocenters. The topological polar surface area (TPSA) is 23.8 Å². The SMILES string of the molecule is N#C[C@@H]1C2CCC(CC2)[C@H]1c1ccccc1. The summed E-state index contributed by atoms with van der Waals surface area (Å²) >= 11 is 0. The fraction of sp³-hybridized carbons (Fsp3) is 0.533. The first kappa shape index (κ1) is 9.90. The van der Waals surface area contributed by atoms with Crippen molar-refractivity contribution < 1.29 is 0 Å². The van der Waals surface area contributed by atoms with Crippen LogP contribution in [0.5, 0.6) is 0 Å². The van der Waals surface area contributed by atoms with Gasteiger partial charge in [0.25, 0.3) is 0 Å². The predicted molar refractivity (Wildman–Crippen MR) is 63.7 cm³/mol. The molecule has 0 unspecified atom stereocenters. The van der Waals surface area contributed by atoms with Gasteiger partial charge in [-0.05, 0) is 43.1 Å². The molecule has 1 aromatic rings. The Labute approximate surface area is 97.1 Å². The lowest BCUT2D eigenvalue weighted by Crippen LogP contribution is -2.37. The lowest BCUT2D eigenvalue weighted by molar-refractivity contribution is 0.100. The van der Waals surface area contributed by atoms with E-state index in [1.807, 2.05) is 0 Å². The molecule has 4 rings (SSSR count). The van der Waals surface area contributed by atoms with E-state index in [1.165, 1.54) is 31.2 Å². The third-order valence-electron chi connectivity index (χ3n) is 4.55. The molecule has 0 N–H and O–H groups in total. The van der Waals surface area contributed by atoms with Crippen LogP contribution in [0.4, 0.5) is 0 Å². The summed E-state index contributed by atoms with van der Waals surface area (Å²) in [5.41, 5.74) is 1.39. The second kappa shape index (κ2) is 3.94. The molecule has 0 spiro atoms. The molecule has 16 heavy (non-hydrogen) atoms. The van der Waals surface area contributed by atoms with Crippen molar-refractivity contribution in [3.63, 3.8) is 0 Å². The molecular formula is C15H17N. The minimum Gasteiger partial charge on any atom is -0.198 e. The standard InChI is InChI=1S/C15H17N/c16-10-14-11-6-8-13(9-7-11)15(14)12-4-2-1-3-5-12/h1-5,11,13-15H,6-9H2/t11?,13?,14-,15-/m1/s1. The van der Waals surface area contributed by atoms with Gasteiger partial charge in [0, 0.05) is 5.92 Å². The average molecular weight is 211 g/mol.